The third-order valence-corrected chi connectivity index (χ3v) is 4.85. The van der Waals surface area contributed by atoms with Gasteiger partial charge in [0.15, 0.2) is 6.61 Å². The number of fused-ring (bicyclic) bond motifs is 1. The molecule has 0 radical (unpaired) electrons. The SMILES string of the molecule is CCCNC(=O)CNC(=O)COC(=O)CCN1C(=O)[C@@H]2CCCC[C@H]2C1=O. The van der Waals surface area contributed by atoms with E-state index in [1.165, 1.54) is 0 Å². The number of carbonyl (C=O) groups is 5. The van der Waals surface area contributed by atoms with Crippen LogP contribution in [0.5, 0.6) is 0 Å². The smallest absolute Gasteiger partial charge is 0.308 e. The van der Waals surface area contributed by atoms with Gasteiger partial charge in [-0.2, -0.15) is 0 Å². The van der Waals surface area contributed by atoms with Gasteiger partial charge in [0.2, 0.25) is 17.7 Å². The Hall–Kier alpha value is -2.45. The van der Waals surface area contributed by atoms with E-state index < -0.39 is 18.5 Å². The molecule has 1 aliphatic heterocycles. The van der Waals surface area contributed by atoms with E-state index in [-0.39, 0.29) is 49.1 Å². The van der Waals surface area contributed by atoms with Gasteiger partial charge in [-0.15, -0.1) is 0 Å². The summed E-state index contributed by atoms with van der Waals surface area (Å²) in [7, 11) is 0. The Bertz CT molecular complexity index is 582. The van der Waals surface area contributed by atoms with Crippen LogP contribution >= 0.6 is 0 Å². The zero-order valence-corrected chi connectivity index (χ0v) is 15.6. The lowest BCUT2D eigenvalue weighted by Crippen LogP contribution is -2.39. The number of hydrogen-bond donors (Lipinski definition) is 2. The van der Waals surface area contributed by atoms with Gasteiger partial charge in [0.25, 0.3) is 5.91 Å². The van der Waals surface area contributed by atoms with Crippen molar-refractivity contribution in [2.24, 2.45) is 11.8 Å². The van der Waals surface area contributed by atoms with Crippen molar-refractivity contribution in [1.82, 2.24) is 15.5 Å². The van der Waals surface area contributed by atoms with E-state index in [0.717, 1.165) is 37.0 Å². The zero-order valence-electron chi connectivity index (χ0n) is 15.6. The summed E-state index contributed by atoms with van der Waals surface area (Å²) >= 11 is 0. The van der Waals surface area contributed by atoms with Crippen molar-refractivity contribution in [3.8, 4) is 0 Å². The molecule has 2 N–H and O–H groups in total. The largest absolute Gasteiger partial charge is 0.456 e. The molecule has 9 nitrogen and oxygen atoms in total. The third-order valence-electron chi connectivity index (χ3n) is 4.85. The van der Waals surface area contributed by atoms with Gasteiger partial charge in [0, 0.05) is 13.1 Å². The third kappa shape index (κ3) is 5.77. The first-order valence-corrected chi connectivity index (χ1v) is 9.48. The van der Waals surface area contributed by atoms with Crippen molar-refractivity contribution in [3.63, 3.8) is 0 Å². The van der Waals surface area contributed by atoms with Crippen molar-refractivity contribution in [3.05, 3.63) is 0 Å². The first kappa shape index (κ1) is 20.9. The number of imide groups is 1. The topological polar surface area (TPSA) is 122 Å². The van der Waals surface area contributed by atoms with Gasteiger partial charge in [0.1, 0.15) is 0 Å². The minimum Gasteiger partial charge on any atom is -0.456 e. The highest BCUT2D eigenvalue weighted by atomic mass is 16.5. The van der Waals surface area contributed by atoms with E-state index in [9.17, 15) is 24.0 Å². The van der Waals surface area contributed by atoms with Crippen LogP contribution in [-0.2, 0) is 28.7 Å². The summed E-state index contributed by atoms with van der Waals surface area (Å²) in [6.07, 6.45) is 3.98. The summed E-state index contributed by atoms with van der Waals surface area (Å²) in [4.78, 5) is 60.5. The molecule has 2 atom stereocenters. The molecule has 0 aromatic carbocycles. The second-order valence-corrected chi connectivity index (χ2v) is 6.86. The molecule has 0 bridgehead atoms. The molecule has 2 fully saturated rings. The highest BCUT2D eigenvalue weighted by Crippen LogP contribution is 2.37. The monoisotopic (exact) mass is 381 g/mol. The Morgan fingerprint density at radius 2 is 1.67 bits per heavy atom. The highest BCUT2D eigenvalue weighted by molar-refractivity contribution is 6.05. The number of hydrogen-bond acceptors (Lipinski definition) is 6. The summed E-state index contributed by atoms with van der Waals surface area (Å²) in [6.45, 7) is 1.72. The van der Waals surface area contributed by atoms with Gasteiger partial charge in [-0.1, -0.05) is 19.8 Å². The Morgan fingerprint density at radius 3 is 2.26 bits per heavy atom. The predicted octanol–water partition coefficient (Wildman–Crippen LogP) is -0.263. The van der Waals surface area contributed by atoms with Crippen molar-refractivity contribution in [2.75, 3.05) is 26.2 Å². The second-order valence-electron chi connectivity index (χ2n) is 6.86. The highest BCUT2D eigenvalue weighted by Gasteiger charge is 2.47. The van der Waals surface area contributed by atoms with Crippen LogP contribution in [0.4, 0.5) is 0 Å². The molecule has 0 aromatic heterocycles. The quantitative estimate of drug-likeness (QED) is 0.419. The van der Waals surface area contributed by atoms with Crippen LogP contribution in [0.2, 0.25) is 0 Å². The van der Waals surface area contributed by atoms with Crippen LogP contribution in [0, 0.1) is 11.8 Å². The van der Waals surface area contributed by atoms with Crippen LogP contribution in [0.1, 0.15) is 45.4 Å². The minimum atomic E-state index is -0.670. The van der Waals surface area contributed by atoms with Crippen molar-refractivity contribution in [1.29, 1.82) is 0 Å². The molecule has 0 spiro atoms. The maximum absolute atomic E-state index is 12.3. The van der Waals surface area contributed by atoms with Crippen molar-refractivity contribution < 1.29 is 28.7 Å². The van der Waals surface area contributed by atoms with Crippen LogP contribution < -0.4 is 10.6 Å². The number of ether oxygens (including phenoxy) is 1. The van der Waals surface area contributed by atoms with Crippen LogP contribution in [0.15, 0.2) is 0 Å². The molecular weight excluding hydrogens is 354 g/mol. The molecular formula is C18H27N3O6. The maximum atomic E-state index is 12.3. The van der Waals surface area contributed by atoms with Crippen LogP contribution in [-0.4, -0.2) is 60.7 Å². The predicted molar refractivity (Wildman–Crippen MR) is 94.1 cm³/mol. The van der Waals surface area contributed by atoms with Gasteiger partial charge in [-0.3, -0.25) is 28.9 Å². The average molecular weight is 381 g/mol. The molecule has 150 valence electrons. The summed E-state index contributed by atoms with van der Waals surface area (Å²) in [5.41, 5.74) is 0. The van der Waals surface area contributed by atoms with E-state index in [4.69, 9.17) is 4.74 Å². The summed E-state index contributed by atoms with van der Waals surface area (Å²) in [5.74, 6) is -2.46. The lowest BCUT2D eigenvalue weighted by molar-refractivity contribution is -0.149. The van der Waals surface area contributed by atoms with Gasteiger partial charge < -0.3 is 15.4 Å². The number of carbonyl (C=O) groups excluding carboxylic acids is 5. The van der Waals surface area contributed by atoms with E-state index in [0.29, 0.717) is 6.54 Å². The fourth-order valence-electron chi connectivity index (χ4n) is 3.43. The van der Waals surface area contributed by atoms with Crippen LogP contribution in [0.25, 0.3) is 0 Å². The number of nitrogens with one attached hydrogen (secondary N) is 2. The Morgan fingerprint density at radius 1 is 1.04 bits per heavy atom. The Balaban J connectivity index is 1.66. The number of likely N-dealkylation sites (tertiary alicyclic amines) is 1. The van der Waals surface area contributed by atoms with Gasteiger partial charge >= 0.3 is 5.97 Å². The molecule has 1 saturated heterocycles. The fraction of sp³-hybridized carbons (Fsp3) is 0.722. The summed E-state index contributed by atoms with van der Waals surface area (Å²) in [5, 5.41) is 4.95. The molecule has 2 aliphatic rings. The number of esters is 1. The molecule has 1 saturated carbocycles. The lowest BCUT2D eigenvalue weighted by Gasteiger charge is -2.19. The maximum Gasteiger partial charge on any atom is 0.308 e. The molecule has 1 aliphatic carbocycles. The molecule has 0 aromatic rings. The molecule has 1 heterocycles. The number of amides is 4. The first-order valence-electron chi connectivity index (χ1n) is 9.48. The van der Waals surface area contributed by atoms with Crippen LogP contribution in [0.3, 0.4) is 0 Å². The van der Waals surface area contributed by atoms with Crippen molar-refractivity contribution >= 4 is 29.6 Å². The zero-order chi connectivity index (χ0) is 19.8. The Labute approximate surface area is 158 Å². The van der Waals surface area contributed by atoms with E-state index in [1.54, 1.807) is 0 Å². The first-order chi connectivity index (χ1) is 12.9. The van der Waals surface area contributed by atoms with E-state index in [1.807, 2.05) is 6.92 Å². The summed E-state index contributed by atoms with van der Waals surface area (Å²) in [6, 6.07) is 0. The van der Waals surface area contributed by atoms with Gasteiger partial charge in [-0.25, -0.2) is 0 Å². The van der Waals surface area contributed by atoms with Crippen molar-refractivity contribution in [2.45, 2.75) is 45.4 Å². The second kappa shape index (κ2) is 10.0. The fourth-order valence-corrected chi connectivity index (χ4v) is 3.43. The molecule has 27 heavy (non-hydrogen) atoms. The standard InChI is InChI=1S/C18H27N3O6/c1-2-8-19-14(22)10-20-15(23)11-27-16(24)7-9-21-17(25)12-5-3-4-6-13(12)18(21)26/h12-13H,2-11H2,1H3,(H,19,22)(H,20,23)/t12-,13-/m1/s1. The van der Waals surface area contributed by atoms with E-state index in [2.05, 4.69) is 10.6 Å². The molecule has 0 unspecified atom stereocenters. The number of nitrogens with zero attached hydrogens (tertiary/aromatic N) is 1. The number of rotatable bonds is 9. The lowest BCUT2D eigenvalue weighted by atomic mass is 9.81. The normalized spacial score (nSPS) is 21.6. The molecule has 4 amide bonds. The minimum absolute atomic E-state index is 0.0233. The Kier molecular flexibility index (Phi) is 7.75. The average Bonchev–Trinajstić information content (AvgIpc) is 2.92. The molecule has 9 heteroatoms. The van der Waals surface area contributed by atoms with Gasteiger partial charge in [0.05, 0.1) is 24.8 Å². The summed E-state index contributed by atoms with van der Waals surface area (Å²) < 4.78 is 4.83. The van der Waals surface area contributed by atoms with E-state index >= 15 is 0 Å². The van der Waals surface area contributed by atoms with Gasteiger partial charge in [-0.05, 0) is 19.3 Å². The molecule has 2 rings (SSSR count).